The lowest BCUT2D eigenvalue weighted by Crippen LogP contribution is -2.55. The summed E-state index contributed by atoms with van der Waals surface area (Å²) in [6.45, 7) is 4.25. The number of nitrogens with two attached hydrogens (primary N) is 4. The summed E-state index contributed by atoms with van der Waals surface area (Å²) in [5.41, 5.74) is 21.7. The van der Waals surface area contributed by atoms with Gasteiger partial charge in [0.1, 0.15) is 5.78 Å². The van der Waals surface area contributed by atoms with E-state index >= 15 is 0 Å². The molecule has 1 fully saturated rings. The number of carbonyl (C=O) groups excluding carboxylic acids is 8. The Morgan fingerprint density at radius 3 is 2.34 bits per heavy atom. The first-order valence-corrected chi connectivity index (χ1v) is 20.4. The number of hydrogen-bond acceptors (Lipinski definition) is 13. The van der Waals surface area contributed by atoms with Crippen molar-refractivity contribution in [2.75, 3.05) is 45.6 Å². The Balaban J connectivity index is 1.90. The molecule has 12 N–H and O–H groups in total. The summed E-state index contributed by atoms with van der Waals surface area (Å²) in [4.78, 5) is 114. The molecule has 0 saturated carbocycles. The van der Waals surface area contributed by atoms with Gasteiger partial charge < -0.3 is 48.6 Å². The van der Waals surface area contributed by atoms with Gasteiger partial charge in [-0.05, 0) is 39.5 Å². The van der Waals surface area contributed by atoms with Crippen LogP contribution in [0.1, 0.15) is 83.7 Å². The van der Waals surface area contributed by atoms with E-state index in [0.717, 1.165) is 4.90 Å². The number of nitrogens with one attached hydrogen (secondary N) is 4. The Bertz CT molecular complexity index is 1590. The van der Waals surface area contributed by atoms with E-state index in [9.17, 15) is 38.4 Å². The molecule has 0 aromatic carbocycles. The van der Waals surface area contributed by atoms with Crippen LogP contribution in [0.15, 0.2) is 17.5 Å². The van der Waals surface area contributed by atoms with Crippen LogP contribution in [-0.2, 0) is 49.5 Å². The lowest BCUT2D eigenvalue weighted by atomic mass is 9.82. The number of Topliss-reactive ketones (excluding diaryl/α,β-unsaturated/α-hetero) is 2. The number of imide groups is 1. The Hall–Kier alpha value is -4.89. The first-order valence-electron chi connectivity index (χ1n) is 19.4. The minimum Gasteiger partial charge on any atom is -0.383 e. The van der Waals surface area contributed by atoms with Crippen molar-refractivity contribution in [1.29, 1.82) is 0 Å². The number of aliphatic imine (C=N–C) groups is 1. The minimum atomic E-state index is -1.37. The van der Waals surface area contributed by atoms with E-state index in [-0.39, 0.29) is 106 Å². The largest absolute Gasteiger partial charge is 0.383 e. The number of ketones is 2. The van der Waals surface area contributed by atoms with Crippen LogP contribution < -0.4 is 38.9 Å². The number of carbonyl (C=O) groups is 8. The number of hydrogen-bond donors (Lipinski definition) is 8. The van der Waals surface area contributed by atoms with Crippen LogP contribution in [0.4, 0.5) is 0 Å². The second kappa shape index (κ2) is 25.5. The third-order valence-corrected chi connectivity index (χ3v) is 10.8. The molecule has 1 aromatic heterocycles. The molecule has 0 aliphatic carbocycles. The Kier molecular flexibility index (Phi) is 21.6. The predicted octanol–water partition coefficient (Wildman–Crippen LogP) is -1.45. The van der Waals surface area contributed by atoms with E-state index in [4.69, 9.17) is 27.7 Å². The summed E-state index contributed by atoms with van der Waals surface area (Å²) in [6.07, 6.45) is 4.71. The van der Waals surface area contributed by atoms with Gasteiger partial charge in [0, 0.05) is 101 Å². The smallest absolute Gasteiger partial charge is 0.242 e. The lowest BCUT2D eigenvalue weighted by Gasteiger charge is -2.28. The number of amides is 6. The zero-order chi connectivity index (χ0) is 43.3. The molecule has 1 aromatic rings. The molecular formula is C37H61N11O9S. The van der Waals surface area contributed by atoms with E-state index < -0.39 is 46.3 Å². The highest BCUT2D eigenvalue weighted by molar-refractivity contribution is 8.00. The maximum Gasteiger partial charge on any atom is 0.242 e. The third kappa shape index (κ3) is 18.1. The van der Waals surface area contributed by atoms with E-state index in [1.54, 1.807) is 6.20 Å². The molecule has 21 heteroatoms. The monoisotopic (exact) mass is 835 g/mol. The van der Waals surface area contributed by atoms with Gasteiger partial charge in [-0.3, -0.25) is 48.2 Å². The number of unbranched alkanes of at least 4 members (excludes halogenated alkanes) is 1. The van der Waals surface area contributed by atoms with Gasteiger partial charge in [0.25, 0.3) is 0 Å². The SMILES string of the molecule is COCCNC(=O)CCN1C(=O)CC(SCCC(=O)NCCCC[C@H](CC(=O)C(C)(C)NC(=O)[C@@H](N)Cc2cnc[nH]2)C(=O)C[C@@H](CCCN=C(N)N)C(N)=O)C1=O. The number of primary amides is 1. The summed E-state index contributed by atoms with van der Waals surface area (Å²) in [6, 6.07) is -0.962. The molecule has 1 aliphatic rings. The minimum absolute atomic E-state index is 0.0000293. The first-order chi connectivity index (χ1) is 27.4. The van der Waals surface area contributed by atoms with Gasteiger partial charge in [0.2, 0.25) is 35.4 Å². The number of likely N-dealkylation sites (tertiary alicyclic amines) is 1. The molecule has 6 amide bonds. The van der Waals surface area contributed by atoms with Crippen molar-refractivity contribution in [2.24, 2.45) is 39.8 Å². The number of rotatable bonds is 30. The summed E-state index contributed by atoms with van der Waals surface area (Å²) in [5, 5.41) is 7.52. The average Bonchev–Trinajstić information content (AvgIpc) is 3.76. The number of aromatic amines is 1. The van der Waals surface area contributed by atoms with Crippen molar-refractivity contribution >= 4 is 64.7 Å². The number of methoxy groups -OCH3 is 1. The van der Waals surface area contributed by atoms with Crippen LogP contribution in [-0.4, -0.2) is 130 Å². The topological polar surface area (TPSA) is 330 Å². The molecule has 2 rings (SSSR count). The van der Waals surface area contributed by atoms with Crippen molar-refractivity contribution in [2.45, 2.75) is 101 Å². The number of imidazole rings is 1. The van der Waals surface area contributed by atoms with Gasteiger partial charge in [-0.1, -0.05) is 6.42 Å². The standard InChI is InChI=1S/C37H61N11O9S/c1-37(2,47-34(55)26(38)19-25-21-42-22-46-25)29(50)18-23(27(49)17-24(33(39)54)8-6-12-45-36(40)41)7-4-5-11-43-31(52)10-16-58-28-20-32(53)48(35(28)56)14-9-30(51)44-13-15-57-3/h21-24,26,28H,4-20,38H2,1-3H3,(H2,39,54)(H,42,46)(H,43,52)(H,44,51)(H,47,55)(H4,40,41,45)/t23-,24-,26+,28?/m1/s1. The van der Waals surface area contributed by atoms with Crippen LogP contribution in [0.25, 0.3) is 0 Å². The molecule has 58 heavy (non-hydrogen) atoms. The molecule has 0 spiro atoms. The van der Waals surface area contributed by atoms with Gasteiger partial charge in [0.05, 0.1) is 29.8 Å². The Labute approximate surface area is 342 Å². The Morgan fingerprint density at radius 2 is 1.69 bits per heavy atom. The molecule has 1 unspecified atom stereocenters. The lowest BCUT2D eigenvalue weighted by molar-refractivity contribution is -0.138. The zero-order valence-corrected chi connectivity index (χ0v) is 34.5. The molecule has 0 bridgehead atoms. The van der Waals surface area contributed by atoms with Crippen LogP contribution >= 0.6 is 11.8 Å². The number of ether oxygens (including phenoxy) is 1. The summed E-state index contributed by atoms with van der Waals surface area (Å²) in [7, 11) is 1.51. The highest BCUT2D eigenvalue weighted by Crippen LogP contribution is 2.26. The van der Waals surface area contributed by atoms with Crippen molar-refractivity contribution < 1.29 is 43.1 Å². The summed E-state index contributed by atoms with van der Waals surface area (Å²) < 4.78 is 4.88. The van der Waals surface area contributed by atoms with Gasteiger partial charge in [0.15, 0.2) is 11.7 Å². The van der Waals surface area contributed by atoms with Crippen molar-refractivity contribution in [1.82, 2.24) is 30.8 Å². The van der Waals surface area contributed by atoms with Crippen LogP contribution in [0, 0.1) is 11.8 Å². The fourth-order valence-corrected chi connectivity index (χ4v) is 7.21. The zero-order valence-electron chi connectivity index (χ0n) is 33.7. The van der Waals surface area contributed by atoms with Crippen molar-refractivity contribution in [3.8, 4) is 0 Å². The molecule has 4 atom stereocenters. The average molecular weight is 836 g/mol. The highest BCUT2D eigenvalue weighted by Gasteiger charge is 2.39. The van der Waals surface area contributed by atoms with Gasteiger partial charge in [-0.15, -0.1) is 11.8 Å². The number of H-pyrrole nitrogens is 1. The molecule has 1 aliphatic heterocycles. The highest BCUT2D eigenvalue weighted by atomic mass is 32.2. The number of guanidine groups is 1. The summed E-state index contributed by atoms with van der Waals surface area (Å²) in [5.74, 6) is -4.65. The van der Waals surface area contributed by atoms with Gasteiger partial charge in [-0.25, -0.2) is 4.98 Å². The summed E-state index contributed by atoms with van der Waals surface area (Å²) >= 11 is 1.21. The normalized spacial score (nSPS) is 15.7. The van der Waals surface area contributed by atoms with E-state index in [0.29, 0.717) is 43.9 Å². The van der Waals surface area contributed by atoms with Gasteiger partial charge >= 0.3 is 0 Å². The predicted molar refractivity (Wildman–Crippen MR) is 216 cm³/mol. The maximum atomic E-state index is 13.7. The quantitative estimate of drug-likeness (QED) is 0.0190. The molecule has 2 heterocycles. The van der Waals surface area contributed by atoms with Crippen LogP contribution in [0.2, 0.25) is 0 Å². The van der Waals surface area contributed by atoms with Crippen LogP contribution in [0.5, 0.6) is 0 Å². The van der Waals surface area contributed by atoms with Gasteiger partial charge in [-0.2, -0.15) is 0 Å². The number of nitrogens with zero attached hydrogens (tertiary/aromatic N) is 3. The maximum absolute atomic E-state index is 13.7. The molecule has 324 valence electrons. The molecule has 20 nitrogen and oxygen atoms in total. The number of aromatic nitrogens is 2. The van der Waals surface area contributed by atoms with E-state index in [1.807, 2.05) is 0 Å². The first kappa shape index (κ1) is 49.3. The number of thioether (sulfide) groups is 1. The second-order valence-electron chi connectivity index (χ2n) is 14.7. The van der Waals surface area contributed by atoms with Crippen LogP contribution in [0.3, 0.4) is 0 Å². The second-order valence-corrected chi connectivity index (χ2v) is 16.0. The van der Waals surface area contributed by atoms with E-state index in [2.05, 4.69) is 30.9 Å². The fourth-order valence-electron chi connectivity index (χ4n) is 6.09. The molecular weight excluding hydrogens is 775 g/mol. The molecule has 0 radical (unpaired) electrons. The third-order valence-electron chi connectivity index (χ3n) is 9.55. The van der Waals surface area contributed by atoms with Crippen molar-refractivity contribution in [3.05, 3.63) is 18.2 Å². The fraction of sp³-hybridized carbons (Fsp3) is 0.676. The molecule has 1 saturated heterocycles. The van der Waals surface area contributed by atoms with Crippen molar-refractivity contribution in [3.63, 3.8) is 0 Å². The van der Waals surface area contributed by atoms with E-state index in [1.165, 1.54) is 39.0 Å². The Morgan fingerprint density at radius 1 is 1.00 bits per heavy atom.